The summed E-state index contributed by atoms with van der Waals surface area (Å²) >= 11 is 1.17. The Morgan fingerprint density at radius 3 is 2.66 bits per heavy atom. The van der Waals surface area contributed by atoms with E-state index in [1.54, 1.807) is 36.4 Å². The summed E-state index contributed by atoms with van der Waals surface area (Å²) < 4.78 is 82.5. The molecule has 220 valence electrons. The van der Waals surface area contributed by atoms with Gasteiger partial charge in [0.15, 0.2) is 0 Å². The Labute approximate surface area is 241 Å². The van der Waals surface area contributed by atoms with E-state index in [0.29, 0.717) is 49.9 Å². The average Bonchev–Trinajstić information content (AvgIpc) is 3.72. The van der Waals surface area contributed by atoms with Crippen LogP contribution in [0.4, 0.5) is 28.9 Å². The van der Waals surface area contributed by atoms with Gasteiger partial charge in [-0.3, -0.25) is 0 Å². The molecule has 0 amide bonds. The first-order valence-corrected chi connectivity index (χ1v) is 15.8. The molecule has 1 aliphatic heterocycles. The fourth-order valence-electron chi connectivity index (χ4n) is 5.04. The number of rotatable bonds is 8. The number of benzene rings is 2. The molecule has 5 rings (SSSR count). The number of ether oxygens (including phenoxy) is 1. The number of hydrogen-bond donors (Lipinski definition) is 3. The van der Waals surface area contributed by atoms with Crippen LogP contribution >= 0.6 is 11.3 Å². The topological polar surface area (TPSA) is 77.4 Å². The van der Waals surface area contributed by atoms with Crippen LogP contribution in [-0.4, -0.2) is 66.5 Å². The molecule has 2 unspecified atom stereocenters. The molecule has 2 aromatic carbocycles. The summed E-state index contributed by atoms with van der Waals surface area (Å²) in [6.45, 7) is 1.16. The summed E-state index contributed by atoms with van der Waals surface area (Å²) in [5.41, 5.74) is 1.30. The number of methoxy groups -OCH3 is 1. The Bertz CT molecular complexity index is 1590. The van der Waals surface area contributed by atoms with E-state index in [-0.39, 0.29) is 17.4 Å². The van der Waals surface area contributed by atoms with Crippen molar-refractivity contribution in [3.63, 3.8) is 0 Å². The van der Waals surface area contributed by atoms with Gasteiger partial charge in [0.25, 0.3) is 0 Å². The number of alkyl halides is 4. The van der Waals surface area contributed by atoms with Crippen molar-refractivity contribution >= 4 is 42.5 Å². The lowest BCUT2D eigenvalue weighted by Gasteiger charge is -2.33. The fourth-order valence-corrected chi connectivity index (χ4v) is 7.95. The second-order valence-electron chi connectivity index (χ2n) is 10.5. The van der Waals surface area contributed by atoms with Gasteiger partial charge in [-0.1, -0.05) is 24.0 Å². The number of likely N-dealkylation sites (tertiary alicyclic amines) is 1. The molecule has 2 heterocycles. The van der Waals surface area contributed by atoms with E-state index in [0.717, 1.165) is 19.4 Å². The largest absolute Gasteiger partial charge is 0.495 e. The van der Waals surface area contributed by atoms with Gasteiger partial charge in [0.05, 0.1) is 61.7 Å². The van der Waals surface area contributed by atoms with Crippen molar-refractivity contribution in [3.8, 4) is 17.6 Å². The zero-order valence-corrected chi connectivity index (χ0v) is 24.4. The normalized spacial score (nSPS) is 21.1. The Morgan fingerprint density at radius 1 is 1.20 bits per heavy atom. The summed E-state index contributed by atoms with van der Waals surface area (Å²) in [6, 6.07) is 9.61. The van der Waals surface area contributed by atoms with Crippen molar-refractivity contribution in [2.45, 2.75) is 54.2 Å². The van der Waals surface area contributed by atoms with Crippen LogP contribution in [0.25, 0.3) is 10.1 Å². The third-order valence-corrected chi connectivity index (χ3v) is 10.9. The smallest absolute Gasteiger partial charge is 0.393 e. The molecule has 1 saturated heterocycles. The minimum absolute atomic E-state index is 0.112. The van der Waals surface area contributed by atoms with Gasteiger partial charge >= 0.3 is 6.18 Å². The standard InChI is InChI=1S/C29H32F4N4O2S2/c1-37-14-12-23(22(30)17-37)36-25-6-3-5-20-21(16-29(31,32)33)27(40-28(20)25)7-4-13-35-24-11-10-19(15-26(24)39-2)41(34,38)18-8-9-18/h3,5-6,10-11,15,18,22-23,34-36H,8-9,12-14,16-17H2,1-2H3/t22?,23-,41?/m1/s1. The Morgan fingerprint density at radius 2 is 1.98 bits per heavy atom. The van der Waals surface area contributed by atoms with E-state index in [9.17, 15) is 21.8 Å². The van der Waals surface area contributed by atoms with Gasteiger partial charge in [0.1, 0.15) is 11.9 Å². The van der Waals surface area contributed by atoms with Crippen LogP contribution in [0, 0.1) is 16.6 Å². The van der Waals surface area contributed by atoms with Gasteiger partial charge in [-0.25, -0.2) is 13.4 Å². The van der Waals surface area contributed by atoms with Crippen molar-refractivity contribution in [1.82, 2.24) is 4.90 Å². The zero-order valence-electron chi connectivity index (χ0n) is 22.7. The predicted molar refractivity (Wildman–Crippen MR) is 157 cm³/mol. The van der Waals surface area contributed by atoms with Crippen LogP contribution in [0.3, 0.4) is 0 Å². The fraction of sp³-hybridized carbons (Fsp3) is 0.448. The zero-order chi connectivity index (χ0) is 29.4. The maximum atomic E-state index is 14.7. The van der Waals surface area contributed by atoms with Crippen molar-refractivity contribution < 1.29 is 26.5 Å². The molecule has 0 spiro atoms. The highest BCUT2D eigenvalue weighted by Gasteiger charge is 2.34. The number of anilines is 2. The van der Waals surface area contributed by atoms with Gasteiger partial charge in [-0.2, -0.15) is 13.2 Å². The third-order valence-electron chi connectivity index (χ3n) is 7.37. The molecule has 3 N–H and O–H groups in total. The molecule has 2 aliphatic rings. The maximum Gasteiger partial charge on any atom is 0.393 e. The maximum absolute atomic E-state index is 14.7. The molecular formula is C29H32F4N4O2S2. The Hall–Kier alpha value is -3.01. The van der Waals surface area contributed by atoms with Crippen LogP contribution in [0.5, 0.6) is 5.75 Å². The van der Waals surface area contributed by atoms with E-state index < -0.39 is 34.5 Å². The van der Waals surface area contributed by atoms with Gasteiger partial charge in [0, 0.05) is 18.3 Å². The molecule has 0 bridgehead atoms. The highest BCUT2D eigenvalue weighted by Crippen LogP contribution is 2.40. The van der Waals surface area contributed by atoms with Crippen molar-refractivity contribution in [3.05, 3.63) is 46.8 Å². The monoisotopic (exact) mass is 608 g/mol. The van der Waals surface area contributed by atoms with Crippen LogP contribution in [0.15, 0.2) is 41.3 Å². The average molecular weight is 609 g/mol. The quantitative estimate of drug-likeness (QED) is 0.201. The summed E-state index contributed by atoms with van der Waals surface area (Å²) in [5, 5.41) is 6.69. The molecule has 3 aromatic rings. The Kier molecular flexibility index (Phi) is 8.41. The minimum Gasteiger partial charge on any atom is -0.495 e. The number of piperidine rings is 1. The number of nitrogens with zero attached hydrogens (tertiary/aromatic N) is 1. The molecule has 3 atom stereocenters. The van der Waals surface area contributed by atoms with E-state index >= 15 is 0 Å². The summed E-state index contributed by atoms with van der Waals surface area (Å²) in [5.74, 6) is 6.26. The molecule has 41 heavy (non-hydrogen) atoms. The van der Waals surface area contributed by atoms with Gasteiger partial charge in [-0.05, 0) is 61.5 Å². The number of fused-ring (bicyclic) bond motifs is 1. The van der Waals surface area contributed by atoms with Crippen LogP contribution < -0.4 is 15.4 Å². The minimum atomic E-state index is -4.42. The van der Waals surface area contributed by atoms with Gasteiger partial charge in [-0.15, -0.1) is 11.3 Å². The van der Waals surface area contributed by atoms with Gasteiger partial charge in [0.2, 0.25) is 0 Å². The summed E-state index contributed by atoms with van der Waals surface area (Å²) in [4.78, 5) is 2.65. The van der Waals surface area contributed by atoms with E-state index in [2.05, 4.69) is 22.5 Å². The molecule has 1 saturated carbocycles. The number of halogens is 4. The lowest BCUT2D eigenvalue weighted by molar-refractivity contribution is -0.126. The molecular weight excluding hydrogens is 576 g/mol. The molecule has 0 radical (unpaired) electrons. The lowest BCUT2D eigenvalue weighted by atomic mass is 10.0. The van der Waals surface area contributed by atoms with Gasteiger partial charge < -0.3 is 20.3 Å². The second kappa shape index (κ2) is 11.7. The van der Waals surface area contributed by atoms with Crippen molar-refractivity contribution in [1.29, 1.82) is 4.78 Å². The first-order chi connectivity index (χ1) is 19.5. The SMILES string of the molecule is COc1cc(S(=N)(=O)C2CC2)ccc1NCC#Cc1sc2c(N[C@@H]3CCN(C)CC3F)cccc2c1CC(F)(F)F. The lowest BCUT2D eigenvalue weighted by Crippen LogP contribution is -2.46. The van der Waals surface area contributed by atoms with E-state index in [1.807, 2.05) is 11.9 Å². The van der Waals surface area contributed by atoms with E-state index in [4.69, 9.17) is 9.52 Å². The molecule has 1 aromatic heterocycles. The van der Waals surface area contributed by atoms with Crippen molar-refractivity contribution in [2.24, 2.45) is 0 Å². The second-order valence-corrected chi connectivity index (χ2v) is 13.9. The summed E-state index contributed by atoms with van der Waals surface area (Å²) in [7, 11) is 0.455. The third kappa shape index (κ3) is 6.74. The number of nitrogens with one attached hydrogen (secondary N) is 3. The van der Waals surface area contributed by atoms with Crippen LogP contribution in [-0.2, 0) is 16.1 Å². The summed E-state index contributed by atoms with van der Waals surface area (Å²) in [6.07, 6.45) is -4.47. The van der Waals surface area contributed by atoms with Crippen LogP contribution in [0.2, 0.25) is 0 Å². The first kappa shape index (κ1) is 29.5. The highest BCUT2D eigenvalue weighted by molar-refractivity contribution is 7.93. The number of thiophene rings is 1. The molecule has 12 heteroatoms. The molecule has 6 nitrogen and oxygen atoms in total. The highest BCUT2D eigenvalue weighted by atomic mass is 32.2. The first-order valence-electron chi connectivity index (χ1n) is 13.3. The predicted octanol–water partition coefficient (Wildman–Crippen LogP) is 6.50. The van der Waals surface area contributed by atoms with Crippen molar-refractivity contribution in [2.75, 3.05) is 44.4 Å². The molecule has 1 aliphatic carbocycles. The number of hydrogen-bond acceptors (Lipinski definition) is 7. The van der Waals surface area contributed by atoms with Crippen LogP contribution in [0.1, 0.15) is 29.7 Å². The Balaban J connectivity index is 1.38. The molecule has 2 fully saturated rings. The van der Waals surface area contributed by atoms with E-state index in [1.165, 1.54) is 18.4 Å².